The number of rotatable bonds is 3. The van der Waals surface area contributed by atoms with Crippen LogP contribution < -0.4 is 0 Å². The second-order valence-corrected chi connectivity index (χ2v) is 8.64. The Morgan fingerprint density at radius 3 is 2.79 bits per heavy atom. The van der Waals surface area contributed by atoms with E-state index in [1.54, 1.807) is 22.7 Å². The van der Waals surface area contributed by atoms with Gasteiger partial charge in [0.25, 0.3) is 0 Å². The summed E-state index contributed by atoms with van der Waals surface area (Å²) in [5.41, 5.74) is 2.24. The molecule has 0 aliphatic rings. The Bertz CT molecular complexity index is 1150. The highest BCUT2D eigenvalue weighted by Gasteiger charge is 2.17. The third-order valence-electron chi connectivity index (χ3n) is 3.92. The quantitative estimate of drug-likeness (QED) is 0.431. The van der Waals surface area contributed by atoms with Crippen LogP contribution in [-0.2, 0) is 6.42 Å². The van der Waals surface area contributed by atoms with Crippen LogP contribution in [0.2, 0.25) is 0 Å². The van der Waals surface area contributed by atoms with Crippen molar-refractivity contribution in [3.8, 4) is 22.0 Å². The molecule has 0 N–H and O–H groups in total. The first kappa shape index (κ1) is 14.3. The van der Waals surface area contributed by atoms with Crippen LogP contribution in [0.5, 0.6) is 0 Å². The Morgan fingerprint density at radius 2 is 1.96 bits per heavy atom. The summed E-state index contributed by atoms with van der Waals surface area (Å²) in [4.78, 5) is 2.25. The van der Waals surface area contributed by atoms with E-state index < -0.39 is 0 Å². The number of aryl methyl sites for hydroxylation is 1. The first-order chi connectivity index (χ1) is 11.8. The van der Waals surface area contributed by atoms with E-state index in [9.17, 15) is 0 Å². The van der Waals surface area contributed by atoms with Gasteiger partial charge in [-0.25, -0.2) is 0 Å². The summed E-state index contributed by atoms with van der Waals surface area (Å²) in [7, 11) is 0. The molecule has 0 saturated carbocycles. The van der Waals surface area contributed by atoms with Gasteiger partial charge in [-0.15, -0.1) is 32.9 Å². The minimum absolute atomic E-state index is 0.791. The average Bonchev–Trinajstić information content (AvgIpc) is 3.34. The lowest BCUT2D eigenvalue weighted by Crippen LogP contribution is -1.90. The molecule has 0 atom stereocenters. The van der Waals surface area contributed by atoms with Crippen LogP contribution >= 0.6 is 34.0 Å². The zero-order valence-corrected chi connectivity index (χ0v) is 15.2. The van der Waals surface area contributed by atoms with Crippen LogP contribution in [0.1, 0.15) is 11.8 Å². The van der Waals surface area contributed by atoms with Crippen molar-refractivity contribution < 1.29 is 0 Å². The van der Waals surface area contributed by atoms with Gasteiger partial charge in [0.05, 0.1) is 4.01 Å². The standard InChI is InChI=1S/C17H12N4S3/c1-2-11-8-12-13(9-22-16(12)23-11)15-20-21-14(18-19-17(21)24-15)10-6-4-3-5-7-10/h3-9H,2H2,1H3. The smallest absolute Gasteiger partial charge is 0.182 e. The molecule has 0 bridgehead atoms. The van der Waals surface area contributed by atoms with Crippen molar-refractivity contribution in [3.05, 3.63) is 46.7 Å². The van der Waals surface area contributed by atoms with Gasteiger partial charge in [0, 0.05) is 26.8 Å². The van der Waals surface area contributed by atoms with E-state index in [2.05, 4.69) is 28.6 Å². The van der Waals surface area contributed by atoms with Gasteiger partial charge >= 0.3 is 0 Å². The molecule has 1 aromatic carbocycles. The molecule has 0 spiro atoms. The topological polar surface area (TPSA) is 43.1 Å². The van der Waals surface area contributed by atoms with E-state index in [4.69, 9.17) is 5.10 Å². The monoisotopic (exact) mass is 368 g/mol. The minimum atomic E-state index is 0.791. The van der Waals surface area contributed by atoms with Gasteiger partial charge in [0.1, 0.15) is 5.01 Å². The van der Waals surface area contributed by atoms with E-state index in [1.807, 2.05) is 46.2 Å². The molecule has 0 aliphatic heterocycles. The Labute approximate surface area is 150 Å². The lowest BCUT2D eigenvalue weighted by Gasteiger charge is -1.95. The zero-order chi connectivity index (χ0) is 16.1. The van der Waals surface area contributed by atoms with E-state index in [0.717, 1.165) is 27.8 Å². The van der Waals surface area contributed by atoms with Crippen LogP contribution in [0.15, 0.2) is 41.8 Å². The Kier molecular flexibility index (Phi) is 3.26. The second-order valence-electron chi connectivity index (χ2n) is 5.41. The Hall–Kier alpha value is -2.09. The average molecular weight is 369 g/mol. The van der Waals surface area contributed by atoms with Crippen molar-refractivity contribution in [1.82, 2.24) is 19.8 Å². The molecule has 7 heteroatoms. The van der Waals surface area contributed by atoms with Crippen LogP contribution in [0.3, 0.4) is 0 Å². The fourth-order valence-corrected chi connectivity index (χ4v) is 5.91. The highest BCUT2D eigenvalue weighted by molar-refractivity contribution is 7.38. The summed E-state index contributed by atoms with van der Waals surface area (Å²) < 4.78 is 3.22. The van der Waals surface area contributed by atoms with Crippen LogP contribution in [0.25, 0.3) is 36.3 Å². The van der Waals surface area contributed by atoms with E-state index in [0.29, 0.717) is 0 Å². The predicted octanol–water partition coefficient (Wildman–Crippen LogP) is 5.36. The van der Waals surface area contributed by atoms with E-state index >= 15 is 0 Å². The summed E-state index contributed by atoms with van der Waals surface area (Å²) in [6.07, 6.45) is 1.08. The second kappa shape index (κ2) is 5.47. The molecule has 0 aliphatic carbocycles. The molecule has 0 fully saturated rings. The molecule has 0 amide bonds. The van der Waals surface area contributed by atoms with Crippen molar-refractivity contribution in [3.63, 3.8) is 0 Å². The minimum Gasteiger partial charge on any atom is -0.182 e. The third-order valence-corrected chi connectivity index (χ3v) is 7.26. The fourth-order valence-electron chi connectivity index (χ4n) is 2.71. The molecule has 0 saturated heterocycles. The molecular formula is C17H12N4S3. The highest BCUT2D eigenvalue weighted by atomic mass is 32.2. The number of fused-ring (bicyclic) bond motifs is 2. The fraction of sp³-hybridized carbons (Fsp3) is 0.118. The van der Waals surface area contributed by atoms with Crippen molar-refractivity contribution >= 4 is 48.4 Å². The van der Waals surface area contributed by atoms with Crippen molar-refractivity contribution in [2.45, 2.75) is 13.3 Å². The Balaban J connectivity index is 1.67. The number of nitrogens with zero attached hydrogens (tertiary/aromatic N) is 4. The van der Waals surface area contributed by atoms with Gasteiger partial charge in [-0.05, 0) is 12.5 Å². The largest absolute Gasteiger partial charge is 0.235 e. The van der Waals surface area contributed by atoms with Crippen LogP contribution in [0, 0.1) is 0 Å². The van der Waals surface area contributed by atoms with Gasteiger partial charge in [-0.1, -0.05) is 48.6 Å². The maximum Gasteiger partial charge on any atom is 0.235 e. The SMILES string of the molecule is CCc1cc2c(-c3nn4c(-c5ccccc5)nnc4s3)csc2s1. The molecule has 118 valence electrons. The summed E-state index contributed by atoms with van der Waals surface area (Å²) >= 11 is 5.27. The van der Waals surface area contributed by atoms with Crippen molar-refractivity contribution in [1.29, 1.82) is 0 Å². The lowest BCUT2D eigenvalue weighted by atomic mass is 10.2. The summed E-state index contributed by atoms with van der Waals surface area (Å²) in [6.45, 7) is 2.20. The predicted molar refractivity (Wildman–Crippen MR) is 102 cm³/mol. The number of hydrogen-bond donors (Lipinski definition) is 0. The summed E-state index contributed by atoms with van der Waals surface area (Å²) in [5, 5.41) is 17.9. The Morgan fingerprint density at radius 1 is 1.08 bits per heavy atom. The zero-order valence-electron chi connectivity index (χ0n) is 12.8. The molecule has 5 aromatic rings. The molecule has 0 unspecified atom stereocenters. The molecule has 0 radical (unpaired) electrons. The van der Waals surface area contributed by atoms with E-state index in [1.165, 1.54) is 19.8 Å². The molecule has 4 nitrogen and oxygen atoms in total. The first-order valence-corrected chi connectivity index (χ1v) is 10.1. The van der Waals surface area contributed by atoms with Gasteiger partial charge in [0.2, 0.25) is 4.96 Å². The van der Waals surface area contributed by atoms with Crippen LogP contribution in [-0.4, -0.2) is 19.8 Å². The van der Waals surface area contributed by atoms with Crippen LogP contribution in [0.4, 0.5) is 0 Å². The molecule has 4 aromatic heterocycles. The van der Waals surface area contributed by atoms with Gasteiger partial charge in [-0.2, -0.15) is 9.61 Å². The summed E-state index contributed by atoms with van der Waals surface area (Å²) in [5.74, 6) is 0.791. The van der Waals surface area contributed by atoms with Gasteiger partial charge in [0.15, 0.2) is 5.82 Å². The number of benzene rings is 1. The van der Waals surface area contributed by atoms with Gasteiger partial charge in [-0.3, -0.25) is 0 Å². The molecular weight excluding hydrogens is 356 g/mol. The molecule has 24 heavy (non-hydrogen) atoms. The van der Waals surface area contributed by atoms with Crippen molar-refractivity contribution in [2.75, 3.05) is 0 Å². The summed E-state index contributed by atoms with van der Waals surface area (Å²) in [6, 6.07) is 12.4. The maximum atomic E-state index is 4.80. The van der Waals surface area contributed by atoms with Crippen molar-refractivity contribution in [2.24, 2.45) is 0 Å². The van der Waals surface area contributed by atoms with E-state index in [-0.39, 0.29) is 0 Å². The molecule has 4 heterocycles. The number of thiophene rings is 2. The normalized spacial score (nSPS) is 11.7. The third kappa shape index (κ3) is 2.12. The number of hydrogen-bond acceptors (Lipinski definition) is 6. The van der Waals surface area contributed by atoms with Gasteiger partial charge < -0.3 is 0 Å². The number of aromatic nitrogens is 4. The first-order valence-electron chi connectivity index (χ1n) is 7.61. The maximum absolute atomic E-state index is 4.80. The highest BCUT2D eigenvalue weighted by Crippen LogP contribution is 2.40. The lowest BCUT2D eigenvalue weighted by molar-refractivity contribution is 0.971. The molecule has 5 rings (SSSR count).